The van der Waals surface area contributed by atoms with Gasteiger partial charge < -0.3 is 10.2 Å². The molecule has 178 valence electrons. The van der Waals surface area contributed by atoms with Crippen LogP contribution in [0.3, 0.4) is 0 Å². The number of hydrogen-bond donors (Lipinski definition) is 1. The minimum atomic E-state index is -4.64. The molecule has 5 nitrogen and oxygen atoms in total. The van der Waals surface area contributed by atoms with Gasteiger partial charge in [0, 0.05) is 52.7 Å². The third-order valence-electron chi connectivity index (χ3n) is 5.14. The molecule has 0 bridgehead atoms. The molecule has 0 aliphatic carbocycles. The van der Waals surface area contributed by atoms with E-state index >= 15 is 0 Å². The number of carbonyl (C=O) groups is 2. The molecule has 1 aromatic heterocycles. The van der Waals surface area contributed by atoms with Gasteiger partial charge in [0.05, 0.1) is 0 Å². The number of aromatic nitrogens is 1. The monoisotopic (exact) mass is 509 g/mol. The Bertz CT molecular complexity index is 1160. The van der Waals surface area contributed by atoms with Crippen LogP contribution in [0.25, 0.3) is 0 Å². The van der Waals surface area contributed by atoms with Gasteiger partial charge in [0.15, 0.2) is 0 Å². The molecule has 1 amide bonds. The molecule has 1 atom stereocenters. The summed E-state index contributed by atoms with van der Waals surface area (Å²) < 4.78 is 31.2. The Morgan fingerprint density at radius 1 is 1.12 bits per heavy atom. The summed E-state index contributed by atoms with van der Waals surface area (Å²) in [6, 6.07) is 15.1. The number of likely N-dealkylation sites (N-methyl/N-ethyl adjacent to an activating group) is 1. The molecule has 3 aromatic rings. The summed E-state index contributed by atoms with van der Waals surface area (Å²) in [4.78, 5) is 27.2. The molecule has 0 spiro atoms. The number of carbonyl (C=O) groups excluding carboxylic acids is 2. The molecule has 0 saturated heterocycles. The maximum Gasteiger partial charge on any atom is 0.446 e. The number of fused-ring (bicyclic) bond motifs is 1. The lowest BCUT2D eigenvalue weighted by Crippen LogP contribution is -2.31. The molecule has 2 aromatic carbocycles. The number of hydrogen-bond acceptors (Lipinski definition) is 4. The minimum Gasteiger partial charge on any atom is -0.322 e. The van der Waals surface area contributed by atoms with Crippen LogP contribution >= 0.6 is 23.2 Å². The second-order valence-corrected chi connectivity index (χ2v) is 8.52. The highest BCUT2D eigenvalue weighted by Crippen LogP contribution is 2.38. The van der Waals surface area contributed by atoms with Crippen molar-refractivity contribution in [2.45, 2.75) is 18.6 Å². The van der Waals surface area contributed by atoms with Gasteiger partial charge in [-0.2, -0.15) is 13.2 Å². The molecule has 0 fully saturated rings. The van der Waals surface area contributed by atoms with Crippen molar-refractivity contribution in [2.75, 3.05) is 18.9 Å². The number of nitrogens with one attached hydrogen (secondary N) is 1. The molecular weight excluding hydrogens is 490 g/mol. The zero-order valence-corrected chi connectivity index (χ0v) is 19.5. The normalized spacial score (nSPS) is 15.5. The summed E-state index contributed by atoms with van der Waals surface area (Å²) in [5, 5.41) is 4.28. The molecule has 0 radical (unpaired) electrons. The summed E-state index contributed by atoms with van der Waals surface area (Å²) in [6.07, 6.45) is -2.50. The van der Waals surface area contributed by atoms with Gasteiger partial charge >= 0.3 is 6.18 Å². The van der Waals surface area contributed by atoms with Crippen molar-refractivity contribution in [2.24, 2.45) is 0 Å². The van der Waals surface area contributed by atoms with Crippen molar-refractivity contribution in [1.29, 1.82) is 0 Å². The van der Waals surface area contributed by atoms with Gasteiger partial charge in [0.2, 0.25) is 6.29 Å². The van der Waals surface area contributed by atoms with Crippen LogP contribution in [0.1, 0.15) is 33.0 Å². The Morgan fingerprint density at radius 2 is 1.74 bits per heavy atom. The van der Waals surface area contributed by atoms with E-state index in [1.54, 1.807) is 30.6 Å². The minimum absolute atomic E-state index is 0.156. The number of alkyl halides is 3. The lowest BCUT2D eigenvalue weighted by Gasteiger charge is -2.33. The van der Waals surface area contributed by atoms with Gasteiger partial charge in [-0.05, 0) is 60.1 Å². The smallest absolute Gasteiger partial charge is 0.322 e. The van der Waals surface area contributed by atoms with E-state index in [4.69, 9.17) is 28.0 Å². The second-order valence-electron chi connectivity index (χ2n) is 7.68. The number of benzene rings is 2. The molecule has 1 aliphatic heterocycles. The molecule has 34 heavy (non-hydrogen) atoms. The Labute approximate surface area is 204 Å². The van der Waals surface area contributed by atoms with E-state index in [1.807, 2.05) is 30.3 Å². The average Bonchev–Trinajstić information content (AvgIpc) is 2.80. The van der Waals surface area contributed by atoms with Crippen molar-refractivity contribution >= 4 is 41.1 Å². The fraction of sp³-hybridized carbons (Fsp3) is 0.208. The molecule has 2 heterocycles. The SMILES string of the molecule is CN1Cc2c(Cl)cc(Cl)cc2C(c2ccc(NC(=O)c3ccncc3)cc2)C1.O=CC(F)(F)F. The van der Waals surface area contributed by atoms with Crippen molar-refractivity contribution in [3.05, 3.63) is 93.2 Å². The zero-order valence-electron chi connectivity index (χ0n) is 17.9. The number of amides is 1. The van der Waals surface area contributed by atoms with Gasteiger partial charge in [-0.25, -0.2) is 0 Å². The van der Waals surface area contributed by atoms with Crippen LogP contribution in [0.2, 0.25) is 10.0 Å². The number of rotatable bonds is 3. The first kappa shape index (κ1) is 25.7. The number of aldehydes is 1. The number of halogens is 5. The van der Waals surface area contributed by atoms with Gasteiger partial charge in [-0.1, -0.05) is 35.3 Å². The van der Waals surface area contributed by atoms with Crippen LogP contribution in [-0.2, 0) is 11.3 Å². The maximum atomic E-state index is 12.3. The molecule has 4 rings (SSSR count). The lowest BCUT2D eigenvalue weighted by molar-refractivity contribution is -0.156. The first-order valence-electron chi connectivity index (χ1n) is 10.1. The first-order chi connectivity index (χ1) is 16.1. The summed E-state index contributed by atoms with van der Waals surface area (Å²) in [5.41, 5.74) is 4.78. The lowest BCUT2D eigenvalue weighted by atomic mass is 9.84. The molecule has 10 heteroatoms. The van der Waals surface area contributed by atoms with E-state index < -0.39 is 12.5 Å². The summed E-state index contributed by atoms with van der Waals surface area (Å²) in [5.74, 6) is 0.0198. The molecule has 1 N–H and O–H groups in total. The standard InChI is InChI=1S/C22H19Cl2N3O.C2HF3O/c1-27-12-19(18-10-16(23)11-21(24)20(18)13-27)14-2-4-17(5-3-14)26-22(28)15-6-8-25-9-7-15;3-2(4,5)1-6/h2-11,19H,12-13H2,1H3,(H,26,28);1H. The van der Waals surface area contributed by atoms with Crippen molar-refractivity contribution in [3.63, 3.8) is 0 Å². The topological polar surface area (TPSA) is 62.3 Å². The average molecular weight is 510 g/mol. The van der Waals surface area contributed by atoms with Crippen molar-refractivity contribution in [1.82, 2.24) is 9.88 Å². The summed E-state index contributed by atoms with van der Waals surface area (Å²) >= 11 is 12.7. The van der Waals surface area contributed by atoms with Crippen LogP contribution in [0.5, 0.6) is 0 Å². The number of nitrogens with zero attached hydrogens (tertiary/aromatic N) is 2. The van der Waals surface area contributed by atoms with Crippen LogP contribution in [-0.4, -0.2) is 41.8 Å². The quantitative estimate of drug-likeness (QED) is 0.442. The third kappa shape index (κ3) is 6.79. The van der Waals surface area contributed by atoms with E-state index in [2.05, 4.69) is 22.2 Å². The van der Waals surface area contributed by atoms with E-state index in [-0.39, 0.29) is 11.8 Å². The van der Waals surface area contributed by atoms with E-state index in [0.717, 1.165) is 29.9 Å². The number of anilines is 1. The molecule has 1 unspecified atom stereocenters. The Balaban J connectivity index is 0.000000481. The fourth-order valence-electron chi connectivity index (χ4n) is 3.64. The van der Waals surface area contributed by atoms with Gasteiger partial charge in [0.25, 0.3) is 5.91 Å². The van der Waals surface area contributed by atoms with Crippen LogP contribution in [0.4, 0.5) is 18.9 Å². The third-order valence-corrected chi connectivity index (χ3v) is 5.69. The predicted molar refractivity (Wildman–Crippen MR) is 125 cm³/mol. The zero-order chi connectivity index (χ0) is 24.9. The summed E-state index contributed by atoms with van der Waals surface area (Å²) in [7, 11) is 2.09. The molecule has 1 aliphatic rings. The highest BCUT2D eigenvalue weighted by atomic mass is 35.5. The molecular formula is C24H20Cl2F3N3O2. The highest BCUT2D eigenvalue weighted by molar-refractivity contribution is 6.35. The van der Waals surface area contributed by atoms with Crippen molar-refractivity contribution in [3.8, 4) is 0 Å². The van der Waals surface area contributed by atoms with Gasteiger partial charge in [-0.3, -0.25) is 14.6 Å². The van der Waals surface area contributed by atoms with Gasteiger partial charge in [-0.15, -0.1) is 0 Å². The van der Waals surface area contributed by atoms with Crippen LogP contribution in [0.15, 0.2) is 60.9 Å². The van der Waals surface area contributed by atoms with Gasteiger partial charge in [0.1, 0.15) is 0 Å². The predicted octanol–water partition coefficient (Wildman–Crippen LogP) is 5.97. The Kier molecular flexibility index (Phi) is 8.30. The van der Waals surface area contributed by atoms with Crippen LogP contribution in [0, 0.1) is 0 Å². The van der Waals surface area contributed by atoms with Crippen molar-refractivity contribution < 1.29 is 22.8 Å². The first-order valence-corrected chi connectivity index (χ1v) is 10.8. The second kappa shape index (κ2) is 11.0. The maximum absolute atomic E-state index is 12.3. The van der Waals surface area contributed by atoms with E-state index in [0.29, 0.717) is 15.6 Å². The fourth-order valence-corrected chi connectivity index (χ4v) is 4.20. The van der Waals surface area contributed by atoms with E-state index in [9.17, 15) is 18.0 Å². The number of pyridine rings is 1. The summed E-state index contributed by atoms with van der Waals surface area (Å²) in [6.45, 7) is 1.69. The van der Waals surface area contributed by atoms with E-state index in [1.165, 1.54) is 5.56 Å². The molecule has 0 saturated carbocycles. The highest BCUT2D eigenvalue weighted by Gasteiger charge is 2.27. The Hall–Kier alpha value is -2.94. The van der Waals surface area contributed by atoms with Crippen LogP contribution < -0.4 is 5.32 Å². The largest absolute Gasteiger partial charge is 0.446 e. The Morgan fingerprint density at radius 3 is 2.32 bits per heavy atom.